The highest BCUT2D eigenvalue weighted by Gasteiger charge is 2.43. The van der Waals surface area contributed by atoms with E-state index in [2.05, 4.69) is 0 Å². The summed E-state index contributed by atoms with van der Waals surface area (Å²) in [6, 6.07) is 41.8. The maximum absolute atomic E-state index is 15.9. The first-order chi connectivity index (χ1) is 20.0. The van der Waals surface area contributed by atoms with Gasteiger partial charge in [0, 0.05) is 11.6 Å². The van der Waals surface area contributed by atoms with Crippen LogP contribution in [0, 0.1) is 23.3 Å². The fourth-order valence-corrected chi connectivity index (χ4v) is 10.4. The summed E-state index contributed by atoms with van der Waals surface area (Å²) in [5.74, 6) is -1.94. The summed E-state index contributed by atoms with van der Waals surface area (Å²) in [6.45, 7) is 0. The fraction of sp³-hybridized carbons (Fsp3) is 0. The molecule has 0 aromatic heterocycles. The standard InChI is InChI=1S/C36H24F4Si/c37-28-22-27(23-29(38)24-28)25-14-18-31(19-15-25)41(30-8-2-1-3-9-30,36-13-7-6-12-35(36)40)32-20-16-26(17-21-32)33-10-4-5-11-34(33)39/h1-24H. The third kappa shape index (κ3) is 4.89. The Morgan fingerprint density at radius 3 is 1.44 bits per heavy atom. The molecule has 0 radical (unpaired) electrons. The van der Waals surface area contributed by atoms with Crippen molar-refractivity contribution in [2.75, 3.05) is 0 Å². The maximum Gasteiger partial charge on any atom is 0.182 e. The van der Waals surface area contributed by atoms with Crippen LogP contribution in [0.3, 0.4) is 0 Å². The first-order valence-corrected chi connectivity index (χ1v) is 15.2. The largest absolute Gasteiger partial charge is 0.207 e. The molecule has 41 heavy (non-hydrogen) atoms. The van der Waals surface area contributed by atoms with Crippen molar-refractivity contribution in [3.05, 3.63) is 169 Å². The normalized spacial score (nSPS) is 12.6. The smallest absolute Gasteiger partial charge is 0.182 e. The van der Waals surface area contributed by atoms with Gasteiger partial charge in [-0.3, -0.25) is 0 Å². The van der Waals surface area contributed by atoms with Crippen molar-refractivity contribution in [1.29, 1.82) is 0 Å². The molecular weight excluding hydrogens is 536 g/mol. The molecule has 0 saturated carbocycles. The van der Waals surface area contributed by atoms with Gasteiger partial charge in [0.05, 0.1) is 0 Å². The van der Waals surface area contributed by atoms with Gasteiger partial charge in [-0.25, -0.2) is 17.6 Å². The van der Waals surface area contributed by atoms with Crippen molar-refractivity contribution in [1.82, 2.24) is 0 Å². The molecule has 0 spiro atoms. The van der Waals surface area contributed by atoms with Gasteiger partial charge in [0.25, 0.3) is 0 Å². The highest BCUT2D eigenvalue weighted by atomic mass is 28.3. The Labute approximate surface area is 237 Å². The van der Waals surface area contributed by atoms with Crippen molar-refractivity contribution < 1.29 is 17.6 Å². The lowest BCUT2D eigenvalue weighted by Gasteiger charge is -2.34. The molecule has 6 aromatic carbocycles. The fourth-order valence-electron chi connectivity index (χ4n) is 5.65. The van der Waals surface area contributed by atoms with E-state index in [0.717, 1.165) is 27.2 Å². The molecule has 6 rings (SSSR count). The molecule has 0 aliphatic heterocycles. The van der Waals surface area contributed by atoms with E-state index in [1.807, 2.05) is 91.0 Å². The molecule has 200 valence electrons. The minimum atomic E-state index is -3.24. The van der Waals surface area contributed by atoms with Gasteiger partial charge in [-0.1, -0.05) is 115 Å². The van der Waals surface area contributed by atoms with Crippen molar-refractivity contribution >= 4 is 28.8 Å². The first-order valence-electron chi connectivity index (χ1n) is 13.2. The minimum absolute atomic E-state index is 0.315. The Kier molecular flexibility index (Phi) is 7.12. The molecule has 0 aliphatic carbocycles. The third-order valence-corrected chi connectivity index (χ3v) is 12.3. The Morgan fingerprint density at radius 1 is 0.366 bits per heavy atom. The van der Waals surface area contributed by atoms with Gasteiger partial charge in [0.15, 0.2) is 8.07 Å². The average Bonchev–Trinajstić information content (AvgIpc) is 2.99. The number of rotatable bonds is 6. The van der Waals surface area contributed by atoms with Crippen LogP contribution in [0.5, 0.6) is 0 Å². The van der Waals surface area contributed by atoms with Gasteiger partial charge < -0.3 is 0 Å². The average molecular weight is 561 g/mol. The van der Waals surface area contributed by atoms with E-state index in [1.165, 1.54) is 24.3 Å². The molecule has 1 unspecified atom stereocenters. The van der Waals surface area contributed by atoms with Crippen LogP contribution in [0.25, 0.3) is 22.3 Å². The van der Waals surface area contributed by atoms with Gasteiger partial charge in [0.1, 0.15) is 23.3 Å². The van der Waals surface area contributed by atoms with Crippen LogP contribution >= 0.6 is 0 Å². The quantitative estimate of drug-likeness (QED) is 0.117. The summed E-state index contributed by atoms with van der Waals surface area (Å²) >= 11 is 0. The SMILES string of the molecule is Fc1cc(F)cc(-c2ccc([Si](c3ccccc3)(c3ccc(-c4ccccc4F)cc3)c3ccccc3F)cc2)c1. The lowest BCUT2D eigenvalue weighted by atomic mass is 10.1. The summed E-state index contributed by atoms with van der Waals surface area (Å²) < 4.78 is 58.4. The Hall–Kier alpha value is -4.74. The summed E-state index contributed by atoms with van der Waals surface area (Å²) in [5.41, 5.74) is 2.27. The highest BCUT2D eigenvalue weighted by molar-refractivity contribution is 7.19. The number of hydrogen-bond donors (Lipinski definition) is 0. The lowest BCUT2D eigenvalue weighted by molar-refractivity contribution is 0.584. The molecule has 0 amide bonds. The molecule has 0 N–H and O–H groups in total. The van der Waals surface area contributed by atoms with Crippen LogP contribution in [0.2, 0.25) is 0 Å². The Balaban J connectivity index is 1.60. The van der Waals surface area contributed by atoms with E-state index in [9.17, 15) is 13.2 Å². The summed E-state index contributed by atoms with van der Waals surface area (Å²) in [4.78, 5) is 0. The monoisotopic (exact) mass is 560 g/mol. The second-order valence-corrected chi connectivity index (χ2v) is 13.7. The van der Waals surface area contributed by atoms with Crippen LogP contribution in [-0.2, 0) is 0 Å². The van der Waals surface area contributed by atoms with Crippen LogP contribution in [0.4, 0.5) is 17.6 Å². The van der Waals surface area contributed by atoms with E-state index in [-0.39, 0.29) is 11.6 Å². The molecule has 0 nitrogen and oxygen atoms in total. The van der Waals surface area contributed by atoms with Crippen molar-refractivity contribution in [2.24, 2.45) is 0 Å². The zero-order valence-corrected chi connectivity index (χ0v) is 22.9. The second-order valence-electron chi connectivity index (χ2n) is 9.89. The Morgan fingerprint density at radius 2 is 0.854 bits per heavy atom. The zero-order valence-electron chi connectivity index (χ0n) is 21.9. The molecule has 0 fully saturated rings. The van der Waals surface area contributed by atoms with Gasteiger partial charge in [-0.05, 0) is 61.7 Å². The van der Waals surface area contributed by atoms with Crippen LogP contribution in [-0.4, -0.2) is 8.07 Å². The molecular formula is C36H24F4Si. The molecule has 1 atom stereocenters. The van der Waals surface area contributed by atoms with Crippen molar-refractivity contribution in [3.63, 3.8) is 0 Å². The van der Waals surface area contributed by atoms with E-state index < -0.39 is 19.7 Å². The maximum atomic E-state index is 15.9. The molecule has 5 heteroatoms. The van der Waals surface area contributed by atoms with Crippen LogP contribution in [0.15, 0.2) is 146 Å². The van der Waals surface area contributed by atoms with Gasteiger partial charge in [-0.15, -0.1) is 0 Å². The van der Waals surface area contributed by atoms with Crippen LogP contribution in [0.1, 0.15) is 0 Å². The highest BCUT2D eigenvalue weighted by Crippen LogP contribution is 2.24. The molecule has 0 bridgehead atoms. The van der Waals surface area contributed by atoms with E-state index in [4.69, 9.17) is 0 Å². The topological polar surface area (TPSA) is 0 Å². The summed E-state index contributed by atoms with van der Waals surface area (Å²) in [5, 5.41) is 3.36. The molecule has 0 heterocycles. The van der Waals surface area contributed by atoms with Gasteiger partial charge >= 0.3 is 0 Å². The number of halogens is 4. The van der Waals surface area contributed by atoms with Crippen molar-refractivity contribution in [2.45, 2.75) is 0 Å². The first kappa shape index (κ1) is 26.5. The minimum Gasteiger partial charge on any atom is -0.207 e. The number of hydrogen-bond acceptors (Lipinski definition) is 0. The molecule has 6 aromatic rings. The van der Waals surface area contributed by atoms with Gasteiger partial charge in [-0.2, -0.15) is 0 Å². The second kappa shape index (κ2) is 11.0. The van der Waals surface area contributed by atoms with Crippen molar-refractivity contribution in [3.8, 4) is 22.3 Å². The molecule has 0 aliphatic rings. The van der Waals surface area contributed by atoms with E-state index >= 15 is 4.39 Å². The predicted molar refractivity (Wildman–Crippen MR) is 161 cm³/mol. The van der Waals surface area contributed by atoms with E-state index in [1.54, 1.807) is 24.3 Å². The number of benzene rings is 6. The summed E-state index contributed by atoms with van der Waals surface area (Å²) in [6.07, 6.45) is 0. The van der Waals surface area contributed by atoms with E-state index in [0.29, 0.717) is 21.9 Å². The zero-order chi connectivity index (χ0) is 28.4. The summed E-state index contributed by atoms with van der Waals surface area (Å²) in [7, 11) is -3.24. The van der Waals surface area contributed by atoms with Gasteiger partial charge in [0.2, 0.25) is 0 Å². The Bertz CT molecular complexity index is 1800. The predicted octanol–water partition coefficient (Wildman–Crippen LogP) is 6.95. The lowest BCUT2D eigenvalue weighted by Crippen LogP contribution is -2.75. The molecule has 0 saturated heterocycles. The van der Waals surface area contributed by atoms with Crippen LogP contribution < -0.4 is 20.7 Å². The third-order valence-electron chi connectivity index (χ3n) is 7.50.